The molecular weight excluding hydrogens is 260 g/mol. The van der Waals surface area contributed by atoms with Crippen LogP contribution in [0.15, 0.2) is 23.3 Å². The molecule has 0 saturated heterocycles. The molecule has 1 N–H and O–H groups in total. The summed E-state index contributed by atoms with van der Waals surface area (Å²) in [7, 11) is 0. The maximum atomic E-state index is 9.00. The van der Waals surface area contributed by atoms with E-state index in [2.05, 4.69) is 24.8 Å². The van der Waals surface area contributed by atoms with Crippen molar-refractivity contribution in [3.8, 4) is 11.8 Å². The Morgan fingerprint density at radius 3 is 2.95 bits per heavy atom. The molecule has 1 heterocycles. The van der Waals surface area contributed by atoms with Crippen LogP contribution in [0.4, 0.5) is 0 Å². The molecule has 0 saturated carbocycles. The zero-order valence-corrected chi connectivity index (χ0v) is 12.5. The van der Waals surface area contributed by atoms with Crippen LogP contribution in [-0.4, -0.2) is 29.8 Å². The summed E-state index contributed by atoms with van der Waals surface area (Å²) in [6, 6.07) is 0. The Balaban J connectivity index is 2.28. The van der Waals surface area contributed by atoms with E-state index in [-0.39, 0.29) is 18.8 Å². The van der Waals surface area contributed by atoms with Gasteiger partial charge >= 0.3 is 0 Å². The van der Waals surface area contributed by atoms with Crippen LogP contribution in [-0.2, 0) is 4.74 Å². The first-order valence-corrected chi connectivity index (χ1v) is 7.34. The Bertz CT molecular complexity index is 387. The number of ether oxygens (including phenoxy) is 1. The van der Waals surface area contributed by atoms with E-state index < -0.39 is 0 Å². The van der Waals surface area contributed by atoms with E-state index in [1.165, 1.54) is 5.57 Å². The number of aliphatic hydroxyl groups is 1. The van der Waals surface area contributed by atoms with Crippen molar-refractivity contribution in [1.82, 2.24) is 0 Å². The molecule has 1 aliphatic heterocycles. The average molecular weight is 283 g/mol. The molecular formula is C16H23ClO2. The molecule has 0 aromatic carbocycles. The quantitative estimate of drug-likeness (QED) is 0.350. The molecule has 0 aliphatic carbocycles. The highest BCUT2D eigenvalue weighted by molar-refractivity contribution is 6.19. The van der Waals surface area contributed by atoms with Crippen LogP contribution in [0.25, 0.3) is 0 Å². The third-order valence-corrected chi connectivity index (χ3v) is 3.30. The Hall–Kier alpha value is -0.750. The van der Waals surface area contributed by atoms with E-state index in [4.69, 9.17) is 21.4 Å². The van der Waals surface area contributed by atoms with Crippen LogP contribution in [0, 0.1) is 11.8 Å². The smallest absolute Gasteiger partial charge is 0.0952 e. The van der Waals surface area contributed by atoms with E-state index in [9.17, 15) is 0 Å². The molecule has 0 spiro atoms. The van der Waals surface area contributed by atoms with E-state index in [0.29, 0.717) is 5.88 Å². The van der Waals surface area contributed by atoms with Crippen molar-refractivity contribution in [3.05, 3.63) is 23.3 Å². The van der Waals surface area contributed by atoms with E-state index in [1.54, 1.807) is 0 Å². The van der Waals surface area contributed by atoms with Gasteiger partial charge in [-0.2, -0.15) is 0 Å². The predicted molar refractivity (Wildman–Crippen MR) is 80.2 cm³/mol. The lowest BCUT2D eigenvalue weighted by atomic mass is 10.1. The van der Waals surface area contributed by atoms with Crippen molar-refractivity contribution in [2.24, 2.45) is 0 Å². The standard InChI is InChI=1S/C16H23ClO2/c1-13(12-18)10-15-11-14(2)16(19-15)8-6-4-3-5-7-9-17/h10-11,15-16,18H,3-4,6,8-9,12H2,1-2H3/b13-10+/t15-,16-/m1/s1. The van der Waals surface area contributed by atoms with Gasteiger partial charge in [-0.05, 0) is 44.3 Å². The summed E-state index contributed by atoms with van der Waals surface area (Å²) in [6.07, 6.45) is 8.51. The van der Waals surface area contributed by atoms with Crippen LogP contribution in [0.1, 0.15) is 39.5 Å². The Morgan fingerprint density at radius 1 is 1.47 bits per heavy atom. The van der Waals surface area contributed by atoms with Crippen molar-refractivity contribution >= 4 is 11.6 Å². The molecule has 0 aromatic rings. The van der Waals surface area contributed by atoms with Gasteiger partial charge < -0.3 is 9.84 Å². The number of aliphatic hydroxyl groups excluding tert-OH is 1. The second kappa shape index (κ2) is 9.20. The van der Waals surface area contributed by atoms with Gasteiger partial charge in [0.25, 0.3) is 0 Å². The van der Waals surface area contributed by atoms with Gasteiger partial charge in [0.15, 0.2) is 0 Å². The zero-order valence-electron chi connectivity index (χ0n) is 11.8. The molecule has 0 radical (unpaired) electrons. The van der Waals surface area contributed by atoms with Gasteiger partial charge in [-0.3, -0.25) is 0 Å². The lowest BCUT2D eigenvalue weighted by molar-refractivity contribution is 0.0741. The van der Waals surface area contributed by atoms with Gasteiger partial charge in [-0.15, -0.1) is 17.5 Å². The normalized spacial score (nSPS) is 22.9. The second-order valence-electron chi connectivity index (χ2n) is 4.90. The van der Waals surface area contributed by atoms with Gasteiger partial charge in [-0.1, -0.05) is 18.1 Å². The summed E-state index contributed by atoms with van der Waals surface area (Å²) in [5, 5.41) is 9.00. The summed E-state index contributed by atoms with van der Waals surface area (Å²) in [4.78, 5) is 0. The third-order valence-electron chi connectivity index (χ3n) is 3.16. The van der Waals surface area contributed by atoms with E-state index in [1.807, 2.05) is 13.0 Å². The number of unbranched alkanes of at least 4 members (excludes halogenated alkanes) is 2. The first-order chi connectivity index (χ1) is 9.17. The number of hydrogen-bond donors (Lipinski definition) is 1. The first-order valence-electron chi connectivity index (χ1n) is 6.81. The molecule has 0 amide bonds. The summed E-state index contributed by atoms with van der Waals surface area (Å²) in [5.74, 6) is 6.32. The van der Waals surface area contributed by atoms with E-state index >= 15 is 0 Å². The van der Waals surface area contributed by atoms with Gasteiger partial charge in [0.05, 0.1) is 24.7 Å². The van der Waals surface area contributed by atoms with Gasteiger partial charge in [0.1, 0.15) is 0 Å². The van der Waals surface area contributed by atoms with Crippen LogP contribution in [0.5, 0.6) is 0 Å². The fourth-order valence-corrected chi connectivity index (χ4v) is 2.19. The number of hydrogen-bond acceptors (Lipinski definition) is 2. The van der Waals surface area contributed by atoms with Crippen molar-refractivity contribution < 1.29 is 9.84 Å². The molecule has 3 heteroatoms. The molecule has 0 unspecified atom stereocenters. The minimum Gasteiger partial charge on any atom is -0.392 e. The summed E-state index contributed by atoms with van der Waals surface area (Å²) in [5.41, 5.74) is 2.24. The average Bonchev–Trinajstić information content (AvgIpc) is 2.73. The van der Waals surface area contributed by atoms with Gasteiger partial charge in [0, 0.05) is 6.42 Å². The van der Waals surface area contributed by atoms with Crippen LogP contribution in [0.2, 0.25) is 0 Å². The third kappa shape index (κ3) is 6.29. The monoisotopic (exact) mass is 282 g/mol. The Kier molecular flexibility index (Phi) is 7.90. The SMILES string of the molecule is CC1=C[C@@H](/C=C(\C)CO)O[C@@H]1CCCCC#CCCl. The minimum atomic E-state index is 0.0215. The molecule has 2 nitrogen and oxygen atoms in total. The molecule has 0 fully saturated rings. The fourth-order valence-electron chi connectivity index (χ4n) is 2.10. The Labute approximate surface area is 121 Å². The van der Waals surface area contributed by atoms with Crippen LogP contribution in [0.3, 0.4) is 0 Å². The summed E-state index contributed by atoms with van der Waals surface area (Å²) in [6.45, 7) is 4.12. The molecule has 19 heavy (non-hydrogen) atoms. The van der Waals surface area contributed by atoms with Crippen molar-refractivity contribution in [2.75, 3.05) is 12.5 Å². The van der Waals surface area contributed by atoms with Crippen molar-refractivity contribution in [3.63, 3.8) is 0 Å². The lowest BCUT2D eigenvalue weighted by Crippen LogP contribution is -2.13. The fraction of sp³-hybridized carbons (Fsp3) is 0.625. The van der Waals surface area contributed by atoms with Crippen LogP contribution < -0.4 is 0 Å². The molecule has 1 rings (SSSR count). The second-order valence-corrected chi connectivity index (χ2v) is 5.17. The summed E-state index contributed by atoms with van der Waals surface area (Å²) < 4.78 is 5.94. The van der Waals surface area contributed by atoms with Gasteiger partial charge in [-0.25, -0.2) is 0 Å². The largest absolute Gasteiger partial charge is 0.392 e. The molecule has 0 aromatic heterocycles. The zero-order chi connectivity index (χ0) is 14.1. The predicted octanol–water partition coefficient (Wildman–Crippen LogP) is 3.44. The molecule has 0 bridgehead atoms. The summed E-state index contributed by atoms with van der Waals surface area (Å²) >= 11 is 5.48. The molecule has 1 aliphatic rings. The minimum absolute atomic E-state index is 0.0215. The molecule has 106 valence electrons. The topological polar surface area (TPSA) is 29.5 Å². The number of halogens is 1. The highest BCUT2D eigenvalue weighted by Crippen LogP contribution is 2.25. The molecule has 2 atom stereocenters. The Morgan fingerprint density at radius 2 is 2.26 bits per heavy atom. The highest BCUT2D eigenvalue weighted by Gasteiger charge is 2.22. The lowest BCUT2D eigenvalue weighted by Gasteiger charge is -2.14. The highest BCUT2D eigenvalue weighted by atomic mass is 35.5. The van der Waals surface area contributed by atoms with Crippen molar-refractivity contribution in [1.29, 1.82) is 0 Å². The van der Waals surface area contributed by atoms with Gasteiger partial charge in [0.2, 0.25) is 0 Å². The first kappa shape index (κ1) is 16.3. The van der Waals surface area contributed by atoms with Crippen molar-refractivity contribution in [2.45, 2.75) is 51.7 Å². The van der Waals surface area contributed by atoms with Crippen LogP contribution >= 0.6 is 11.6 Å². The maximum Gasteiger partial charge on any atom is 0.0952 e. The van der Waals surface area contributed by atoms with E-state index in [0.717, 1.165) is 31.3 Å². The number of alkyl halides is 1. The number of rotatable bonds is 6. The maximum absolute atomic E-state index is 9.00.